The normalized spacial score (nSPS) is 19.9. The Balaban J connectivity index is 2.26. The molecule has 0 atom stereocenters. The summed E-state index contributed by atoms with van der Waals surface area (Å²) in [5.41, 5.74) is 1.73. The molecule has 0 saturated carbocycles. The Bertz CT molecular complexity index is 329. The molecule has 0 spiro atoms. The van der Waals surface area contributed by atoms with Gasteiger partial charge in [-0.2, -0.15) is 0 Å². The van der Waals surface area contributed by atoms with Gasteiger partial charge in [-0.05, 0) is 49.0 Å². The maximum absolute atomic E-state index is 5.28. The highest BCUT2D eigenvalue weighted by molar-refractivity contribution is 5.33. The fraction of sp³-hybridized carbons (Fsp3) is 0.538. The molecule has 2 heteroatoms. The lowest BCUT2D eigenvalue weighted by molar-refractivity contribution is 0.333. The van der Waals surface area contributed by atoms with Crippen LogP contribution >= 0.6 is 0 Å². The van der Waals surface area contributed by atoms with E-state index in [2.05, 4.69) is 30.4 Å². The first-order chi connectivity index (χ1) is 7.24. The van der Waals surface area contributed by atoms with Crippen LogP contribution in [-0.2, 0) is 5.41 Å². The van der Waals surface area contributed by atoms with E-state index >= 15 is 0 Å². The van der Waals surface area contributed by atoms with Gasteiger partial charge in [-0.3, -0.25) is 0 Å². The van der Waals surface area contributed by atoms with Gasteiger partial charge in [0.05, 0.1) is 7.11 Å². The summed E-state index contributed by atoms with van der Waals surface area (Å²) in [4.78, 5) is 0. The molecule has 0 bridgehead atoms. The number of hydrogen-bond donors (Lipinski definition) is 1. The first kappa shape index (κ1) is 10.5. The molecule has 2 rings (SSSR count). The van der Waals surface area contributed by atoms with Crippen LogP contribution in [-0.4, -0.2) is 20.2 Å². The van der Waals surface area contributed by atoms with Crippen LogP contribution < -0.4 is 10.1 Å². The van der Waals surface area contributed by atoms with E-state index in [1.54, 1.807) is 7.11 Å². The third kappa shape index (κ3) is 2.15. The highest BCUT2D eigenvalue weighted by atomic mass is 16.5. The van der Waals surface area contributed by atoms with Crippen LogP contribution in [0.5, 0.6) is 5.75 Å². The molecular formula is C13H19NO. The average Bonchev–Trinajstić information content (AvgIpc) is 2.30. The maximum atomic E-state index is 5.28. The van der Waals surface area contributed by atoms with Crippen molar-refractivity contribution in [3.63, 3.8) is 0 Å². The minimum absolute atomic E-state index is 0.319. The Morgan fingerprint density at radius 3 is 2.67 bits per heavy atom. The van der Waals surface area contributed by atoms with Gasteiger partial charge >= 0.3 is 0 Å². The van der Waals surface area contributed by atoms with Crippen molar-refractivity contribution in [1.82, 2.24) is 5.32 Å². The van der Waals surface area contributed by atoms with Crippen molar-refractivity contribution in [2.75, 3.05) is 20.2 Å². The van der Waals surface area contributed by atoms with E-state index in [1.165, 1.54) is 18.4 Å². The van der Waals surface area contributed by atoms with E-state index in [0.717, 1.165) is 18.8 Å². The molecule has 0 unspecified atom stereocenters. The summed E-state index contributed by atoms with van der Waals surface area (Å²) >= 11 is 0. The molecule has 1 heterocycles. The Morgan fingerprint density at radius 1 is 1.27 bits per heavy atom. The van der Waals surface area contributed by atoms with Crippen LogP contribution in [0.3, 0.4) is 0 Å². The van der Waals surface area contributed by atoms with Crippen molar-refractivity contribution >= 4 is 0 Å². The maximum Gasteiger partial charge on any atom is 0.119 e. The molecule has 1 aliphatic heterocycles. The zero-order chi connectivity index (χ0) is 10.7. The molecule has 0 aliphatic carbocycles. The van der Waals surface area contributed by atoms with E-state index in [9.17, 15) is 0 Å². The molecule has 1 N–H and O–H groups in total. The van der Waals surface area contributed by atoms with E-state index in [1.807, 2.05) is 6.07 Å². The van der Waals surface area contributed by atoms with Crippen LogP contribution in [0.25, 0.3) is 0 Å². The van der Waals surface area contributed by atoms with E-state index in [-0.39, 0.29) is 0 Å². The topological polar surface area (TPSA) is 21.3 Å². The van der Waals surface area contributed by atoms with Crippen molar-refractivity contribution in [1.29, 1.82) is 0 Å². The van der Waals surface area contributed by atoms with E-state index in [0.29, 0.717) is 5.41 Å². The zero-order valence-electron chi connectivity index (χ0n) is 9.55. The van der Waals surface area contributed by atoms with Gasteiger partial charge < -0.3 is 10.1 Å². The highest BCUT2D eigenvalue weighted by Gasteiger charge is 2.28. The predicted octanol–water partition coefficient (Wildman–Crippen LogP) is 2.34. The molecule has 1 fully saturated rings. The fourth-order valence-electron chi connectivity index (χ4n) is 2.27. The van der Waals surface area contributed by atoms with Gasteiger partial charge in [0.15, 0.2) is 0 Å². The molecule has 1 saturated heterocycles. The molecular weight excluding hydrogens is 186 g/mol. The molecule has 82 valence electrons. The average molecular weight is 205 g/mol. The summed E-state index contributed by atoms with van der Waals surface area (Å²) in [6, 6.07) is 8.48. The van der Waals surface area contributed by atoms with Crippen LogP contribution in [0.2, 0.25) is 0 Å². The summed E-state index contributed by atoms with van der Waals surface area (Å²) in [6.07, 6.45) is 2.42. The van der Waals surface area contributed by atoms with Gasteiger partial charge in [0.2, 0.25) is 0 Å². The monoisotopic (exact) mass is 205 g/mol. The molecule has 1 aliphatic rings. The standard InChI is InChI=1S/C13H19NO/c1-13(6-8-14-9-7-13)11-4-3-5-12(10-11)15-2/h3-5,10,14H,6-9H2,1-2H3. The molecule has 1 aromatic rings. The van der Waals surface area contributed by atoms with Crippen molar-refractivity contribution in [2.24, 2.45) is 0 Å². The minimum atomic E-state index is 0.319. The first-order valence-electron chi connectivity index (χ1n) is 5.60. The van der Waals surface area contributed by atoms with Crippen LogP contribution in [0, 0.1) is 0 Å². The largest absolute Gasteiger partial charge is 0.497 e. The number of rotatable bonds is 2. The van der Waals surface area contributed by atoms with Crippen molar-refractivity contribution < 1.29 is 4.74 Å². The quantitative estimate of drug-likeness (QED) is 0.800. The first-order valence-corrected chi connectivity index (χ1v) is 5.60. The summed E-state index contributed by atoms with van der Waals surface area (Å²) in [6.45, 7) is 4.59. The van der Waals surface area contributed by atoms with E-state index in [4.69, 9.17) is 4.74 Å². The molecule has 1 aromatic carbocycles. The highest BCUT2D eigenvalue weighted by Crippen LogP contribution is 2.34. The third-order valence-electron chi connectivity index (χ3n) is 3.47. The lowest BCUT2D eigenvalue weighted by Crippen LogP contribution is -2.37. The van der Waals surface area contributed by atoms with Gasteiger partial charge in [0, 0.05) is 0 Å². The van der Waals surface area contributed by atoms with Crippen molar-refractivity contribution in [3.05, 3.63) is 29.8 Å². The van der Waals surface area contributed by atoms with Crippen LogP contribution in [0.4, 0.5) is 0 Å². The third-order valence-corrected chi connectivity index (χ3v) is 3.47. The number of ether oxygens (including phenoxy) is 1. The molecule has 0 amide bonds. The number of piperidine rings is 1. The van der Waals surface area contributed by atoms with Crippen molar-refractivity contribution in [2.45, 2.75) is 25.2 Å². The second-order valence-corrected chi connectivity index (χ2v) is 4.54. The summed E-state index contributed by atoms with van der Waals surface area (Å²) in [7, 11) is 1.73. The van der Waals surface area contributed by atoms with Crippen LogP contribution in [0.15, 0.2) is 24.3 Å². The molecule has 2 nitrogen and oxygen atoms in total. The Hall–Kier alpha value is -1.02. The number of hydrogen-bond acceptors (Lipinski definition) is 2. The van der Waals surface area contributed by atoms with Gasteiger partial charge in [0.25, 0.3) is 0 Å². The Labute approximate surface area is 91.6 Å². The Morgan fingerprint density at radius 2 is 2.00 bits per heavy atom. The van der Waals surface area contributed by atoms with Gasteiger partial charge in [0.1, 0.15) is 5.75 Å². The second-order valence-electron chi connectivity index (χ2n) is 4.54. The summed E-state index contributed by atoms with van der Waals surface area (Å²) < 4.78 is 5.28. The minimum Gasteiger partial charge on any atom is -0.497 e. The molecule has 0 radical (unpaired) electrons. The van der Waals surface area contributed by atoms with Gasteiger partial charge in [-0.25, -0.2) is 0 Å². The van der Waals surface area contributed by atoms with Crippen LogP contribution in [0.1, 0.15) is 25.3 Å². The molecule has 0 aromatic heterocycles. The van der Waals surface area contributed by atoms with Gasteiger partial charge in [-0.1, -0.05) is 19.1 Å². The number of nitrogens with one attached hydrogen (secondary N) is 1. The summed E-state index contributed by atoms with van der Waals surface area (Å²) in [5, 5.41) is 3.41. The second kappa shape index (κ2) is 4.23. The predicted molar refractivity (Wildman–Crippen MR) is 62.4 cm³/mol. The number of methoxy groups -OCH3 is 1. The van der Waals surface area contributed by atoms with E-state index < -0.39 is 0 Å². The SMILES string of the molecule is COc1cccc(C2(C)CCNCC2)c1. The molecule has 15 heavy (non-hydrogen) atoms. The lowest BCUT2D eigenvalue weighted by Gasteiger charge is -2.34. The Kier molecular flexibility index (Phi) is 2.96. The zero-order valence-corrected chi connectivity index (χ0v) is 9.55. The number of benzene rings is 1. The fourth-order valence-corrected chi connectivity index (χ4v) is 2.27. The summed E-state index contributed by atoms with van der Waals surface area (Å²) in [5.74, 6) is 0.965. The van der Waals surface area contributed by atoms with Gasteiger partial charge in [-0.15, -0.1) is 0 Å². The smallest absolute Gasteiger partial charge is 0.119 e. The van der Waals surface area contributed by atoms with Crippen molar-refractivity contribution in [3.8, 4) is 5.75 Å². The lowest BCUT2D eigenvalue weighted by atomic mass is 9.75.